The lowest BCUT2D eigenvalue weighted by atomic mass is 10.0. The molecule has 3 aromatic rings. The Bertz CT molecular complexity index is 1380. The molecule has 0 saturated heterocycles. The molecular formula is C23H17Cl3F3N3O3S. The minimum Gasteiger partial charge on any atom is -0.406 e. The number of anilines is 1. The smallest absolute Gasteiger partial charge is 0.406 e. The van der Waals surface area contributed by atoms with Gasteiger partial charge in [0.2, 0.25) is 10.0 Å². The summed E-state index contributed by atoms with van der Waals surface area (Å²) in [4.78, 5) is -0.220. The zero-order chi connectivity index (χ0) is 26.1. The Hall–Kier alpha value is -2.50. The van der Waals surface area contributed by atoms with Crippen LogP contribution < -0.4 is 14.5 Å². The van der Waals surface area contributed by atoms with Crippen molar-refractivity contribution in [3.05, 3.63) is 87.4 Å². The molecule has 1 unspecified atom stereocenters. The van der Waals surface area contributed by atoms with Gasteiger partial charge in [-0.25, -0.2) is 13.1 Å². The summed E-state index contributed by atoms with van der Waals surface area (Å²) >= 11 is 18.5. The number of halogens is 6. The second kappa shape index (κ2) is 10.5. The van der Waals surface area contributed by atoms with Gasteiger partial charge in [0.25, 0.3) is 0 Å². The minimum absolute atomic E-state index is 0.130. The van der Waals surface area contributed by atoms with Crippen LogP contribution in [0.4, 0.5) is 18.9 Å². The van der Waals surface area contributed by atoms with Gasteiger partial charge in [-0.15, -0.1) is 13.2 Å². The molecule has 6 nitrogen and oxygen atoms in total. The molecule has 0 bridgehead atoms. The van der Waals surface area contributed by atoms with E-state index in [1.54, 1.807) is 35.3 Å². The van der Waals surface area contributed by atoms with Crippen LogP contribution in [-0.2, 0) is 10.0 Å². The van der Waals surface area contributed by atoms with Crippen molar-refractivity contribution in [1.82, 2.24) is 4.72 Å². The maximum absolute atomic E-state index is 12.7. The second-order valence-corrected chi connectivity index (χ2v) is 10.8. The minimum atomic E-state index is -4.88. The number of hydrogen-bond acceptors (Lipinski definition) is 5. The first kappa shape index (κ1) is 26.6. The van der Waals surface area contributed by atoms with Gasteiger partial charge in [0, 0.05) is 16.5 Å². The predicted octanol–water partition coefficient (Wildman–Crippen LogP) is 6.83. The van der Waals surface area contributed by atoms with Crippen LogP contribution in [-0.4, -0.2) is 27.0 Å². The monoisotopic (exact) mass is 577 g/mol. The molecule has 1 aliphatic heterocycles. The standard InChI is InChI=1S/C23H17Cl3F3N3O3S/c24-15-3-1-14(2-4-15)22-12-17(31-32(22)21-10-5-16(25)11-20(21)26)13-30-36(33,34)19-8-6-18(7-9-19)35-23(27,28)29/h1-11,22,30H,12-13H2. The number of rotatable bonds is 7. The number of ether oxygens (including phenoxy) is 1. The van der Waals surface area contributed by atoms with Crippen molar-refractivity contribution in [3.63, 3.8) is 0 Å². The van der Waals surface area contributed by atoms with Gasteiger partial charge in [0.15, 0.2) is 0 Å². The molecule has 0 aromatic heterocycles. The summed E-state index contributed by atoms with van der Waals surface area (Å²) in [6.45, 7) is -0.130. The Labute approximate surface area is 220 Å². The van der Waals surface area contributed by atoms with E-state index in [-0.39, 0.29) is 17.5 Å². The van der Waals surface area contributed by atoms with Gasteiger partial charge in [0.05, 0.1) is 33.9 Å². The molecule has 0 aliphatic carbocycles. The lowest BCUT2D eigenvalue weighted by molar-refractivity contribution is -0.274. The summed E-state index contributed by atoms with van der Waals surface area (Å²) in [6, 6.07) is 15.8. The third-order valence-corrected chi connectivity index (χ3v) is 7.43. The average Bonchev–Trinajstić information content (AvgIpc) is 3.21. The maximum atomic E-state index is 12.7. The first-order valence-electron chi connectivity index (χ1n) is 10.3. The highest BCUT2D eigenvalue weighted by Gasteiger charge is 2.32. The van der Waals surface area contributed by atoms with Crippen molar-refractivity contribution >= 4 is 56.2 Å². The number of nitrogens with one attached hydrogen (secondary N) is 1. The van der Waals surface area contributed by atoms with Crippen LogP contribution in [0.25, 0.3) is 0 Å². The molecule has 13 heteroatoms. The van der Waals surface area contributed by atoms with Crippen molar-refractivity contribution in [2.75, 3.05) is 11.6 Å². The van der Waals surface area contributed by atoms with Gasteiger partial charge in [-0.05, 0) is 60.2 Å². The highest BCUT2D eigenvalue weighted by Crippen LogP contribution is 2.39. The molecule has 0 amide bonds. The molecule has 0 spiro atoms. The predicted molar refractivity (Wildman–Crippen MR) is 133 cm³/mol. The van der Waals surface area contributed by atoms with Gasteiger partial charge < -0.3 is 4.74 Å². The molecule has 1 atom stereocenters. The Morgan fingerprint density at radius 2 is 1.61 bits per heavy atom. The number of hydrazone groups is 1. The van der Waals surface area contributed by atoms with Gasteiger partial charge in [0.1, 0.15) is 5.75 Å². The normalized spacial score (nSPS) is 16.2. The zero-order valence-electron chi connectivity index (χ0n) is 18.1. The first-order valence-corrected chi connectivity index (χ1v) is 12.9. The fraction of sp³-hybridized carbons (Fsp3) is 0.174. The summed E-state index contributed by atoms with van der Waals surface area (Å²) in [5.74, 6) is -0.525. The molecule has 0 saturated carbocycles. The maximum Gasteiger partial charge on any atom is 0.573 e. The van der Waals surface area contributed by atoms with Crippen LogP contribution in [0.1, 0.15) is 18.0 Å². The Morgan fingerprint density at radius 3 is 2.22 bits per heavy atom. The first-order chi connectivity index (χ1) is 16.9. The fourth-order valence-electron chi connectivity index (χ4n) is 3.59. The van der Waals surface area contributed by atoms with Gasteiger partial charge >= 0.3 is 6.36 Å². The Balaban J connectivity index is 1.54. The number of alkyl halides is 3. The van der Waals surface area contributed by atoms with E-state index in [1.807, 2.05) is 12.1 Å². The number of nitrogens with zero attached hydrogens (tertiary/aromatic N) is 2. The van der Waals surface area contributed by atoms with E-state index in [1.165, 1.54) is 0 Å². The van der Waals surface area contributed by atoms with Crippen LogP contribution in [0.5, 0.6) is 5.75 Å². The van der Waals surface area contributed by atoms with Crippen molar-refractivity contribution < 1.29 is 26.3 Å². The molecular weight excluding hydrogens is 562 g/mol. The third-order valence-electron chi connectivity index (χ3n) is 5.22. The van der Waals surface area contributed by atoms with Crippen LogP contribution in [0, 0.1) is 0 Å². The van der Waals surface area contributed by atoms with Crippen LogP contribution >= 0.6 is 34.8 Å². The van der Waals surface area contributed by atoms with E-state index in [4.69, 9.17) is 34.8 Å². The van der Waals surface area contributed by atoms with Crippen molar-refractivity contribution in [2.24, 2.45) is 5.10 Å². The lowest BCUT2D eigenvalue weighted by Gasteiger charge is -2.25. The summed E-state index contributed by atoms with van der Waals surface area (Å²) < 4.78 is 68.7. The summed E-state index contributed by atoms with van der Waals surface area (Å²) in [6.07, 6.45) is -4.50. The third kappa shape index (κ3) is 6.43. The van der Waals surface area contributed by atoms with E-state index >= 15 is 0 Å². The molecule has 1 heterocycles. The highest BCUT2D eigenvalue weighted by atomic mass is 35.5. The number of sulfonamides is 1. The molecule has 1 N–H and O–H groups in total. The zero-order valence-corrected chi connectivity index (χ0v) is 21.2. The van der Waals surface area contributed by atoms with Crippen LogP contribution in [0.3, 0.4) is 0 Å². The van der Waals surface area contributed by atoms with E-state index in [2.05, 4.69) is 14.6 Å². The average molecular weight is 579 g/mol. The number of hydrogen-bond donors (Lipinski definition) is 1. The van der Waals surface area contributed by atoms with Crippen LogP contribution in [0.2, 0.25) is 15.1 Å². The quantitative estimate of drug-likeness (QED) is 0.334. The molecule has 190 valence electrons. The van der Waals surface area contributed by atoms with E-state index < -0.39 is 22.1 Å². The fourth-order valence-corrected chi connectivity index (χ4v) is 5.23. The largest absolute Gasteiger partial charge is 0.573 e. The second-order valence-electron chi connectivity index (χ2n) is 7.72. The van der Waals surface area contributed by atoms with E-state index in [0.29, 0.717) is 32.9 Å². The Kier molecular flexibility index (Phi) is 7.72. The SMILES string of the molecule is O=S(=O)(NCC1=NN(c2ccc(Cl)cc2Cl)C(c2ccc(Cl)cc2)C1)c1ccc(OC(F)(F)F)cc1. The molecule has 4 rings (SSSR count). The molecule has 36 heavy (non-hydrogen) atoms. The molecule has 1 aliphatic rings. The lowest BCUT2D eigenvalue weighted by Crippen LogP contribution is -2.29. The van der Waals surface area contributed by atoms with Crippen LogP contribution in [0.15, 0.2) is 76.7 Å². The Morgan fingerprint density at radius 1 is 0.972 bits per heavy atom. The molecule has 0 fully saturated rings. The highest BCUT2D eigenvalue weighted by molar-refractivity contribution is 7.89. The topological polar surface area (TPSA) is 71.0 Å². The van der Waals surface area contributed by atoms with E-state index in [0.717, 1.165) is 29.8 Å². The number of benzene rings is 3. The van der Waals surface area contributed by atoms with Gasteiger partial charge in [-0.3, -0.25) is 5.01 Å². The molecule has 0 radical (unpaired) electrons. The van der Waals surface area contributed by atoms with Crippen molar-refractivity contribution in [1.29, 1.82) is 0 Å². The van der Waals surface area contributed by atoms with E-state index in [9.17, 15) is 21.6 Å². The van der Waals surface area contributed by atoms with Gasteiger partial charge in [-0.1, -0.05) is 46.9 Å². The molecule has 3 aromatic carbocycles. The summed E-state index contributed by atoms with van der Waals surface area (Å²) in [5, 5.41) is 7.67. The van der Waals surface area contributed by atoms with Crippen molar-refractivity contribution in [3.8, 4) is 5.75 Å². The summed E-state index contributed by atoms with van der Waals surface area (Å²) in [7, 11) is -4.04. The van der Waals surface area contributed by atoms with Crippen molar-refractivity contribution in [2.45, 2.75) is 23.7 Å². The van der Waals surface area contributed by atoms with Gasteiger partial charge in [-0.2, -0.15) is 5.10 Å². The summed E-state index contributed by atoms with van der Waals surface area (Å²) in [5.41, 5.74) is 1.98.